The van der Waals surface area contributed by atoms with Gasteiger partial charge in [0, 0.05) is 53.3 Å². The van der Waals surface area contributed by atoms with Crippen molar-refractivity contribution in [3.05, 3.63) is 125 Å². The predicted octanol–water partition coefficient (Wildman–Crippen LogP) is 14.1. The van der Waals surface area contributed by atoms with E-state index in [0.29, 0.717) is 0 Å². The van der Waals surface area contributed by atoms with Gasteiger partial charge in [-0.3, -0.25) is 0 Å². The van der Waals surface area contributed by atoms with Crippen LogP contribution in [0.1, 0.15) is 104 Å². The molecule has 0 amide bonds. The number of furan rings is 1. The van der Waals surface area contributed by atoms with E-state index in [0.717, 1.165) is 16.6 Å². The van der Waals surface area contributed by atoms with E-state index in [4.69, 9.17) is 4.42 Å². The van der Waals surface area contributed by atoms with E-state index < -0.39 is 0 Å². The van der Waals surface area contributed by atoms with Crippen LogP contribution in [0, 0.1) is 0 Å². The minimum atomic E-state index is -0.00873. The Hall–Kier alpha value is -5.26. The van der Waals surface area contributed by atoms with Crippen LogP contribution < -0.4 is 15.1 Å². The number of fused-ring (bicyclic) bond motifs is 14. The third kappa shape index (κ3) is 4.77. The average Bonchev–Trinajstić information content (AvgIpc) is 3.86. The number of aromatic nitrogens is 1. The standard InChI is InChI=1S/C54H51BN2OS/c1-51(2,3)30-15-18-32(19-16-30)57-43-29-41-40(53(7,8)23-24-54(41,9)10)26-36(43)34-20-21-35-37-28-45-38(33-13-11-12-14-44(33)58-45)27-42(37)56-48(35)47(34)55(57)50-49(56)39-25-31(52(4,5)6)17-22-46(39)59-50/h11-22,25-29H,23-24H2,1-10H3. The van der Waals surface area contributed by atoms with Gasteiger partial charge in [-0.25, -0.2) is 0 Å². The molecule has 0 spiro atoms. The van der Waals surface area contributed by atoms with Crippen molar-refractivity contribution in [1.82, 2.24) is 4.57 Å². The summed E-state index contributed by atoms with van der Waals surface area (Å²) < 4.78 is 12.0. The molecule has 0 radical (unpaired) electrons. The zero-order valence-electron chi connectivity index (χ0n) is 36.0. The summed E-state index contributed by atoms with van der Waals surface area (Å²) in [6.45, 7) is 23.8. The maximum absolute atomic E-state index is 6.58. The first-order valence-corrected chi connectivity index (χ1v) is 22.4. The summed E-state index contributed by atoms with van der Waals surface area (Å²) in [6, 6.07) is 40.2. The SMILES string of the molecule is CC(C)(C)c1ccc(N2B3c4sc5ccc(C(C)(C)C)cc5c4-n4c5cc6c(cc5c5ccc(c3c54)-c3cc4c(cc32)C(C)(C)CCC4(C)C)oc2ccccc26)cc1. The molecular weight excluding hydrogens is 735 g/mol. The minimum absolute atomic E-state index is 0.00873. The first kappa shape index (κ1) is 35.7. The summed E-state index contributed by atoms with van der Waals surface area (Å²) in [5.74, 6) is 0. The molecule has 0 unspecified atom stereocenters. The van der Waals surface area contributed by atoms with Crippen LogP contribution in [0.4, 0.5) is 11.4 Å². The van der Waals surface area contributed by atoms with Crippen LogP contribution in [0.5, 0.6) is 0 Å². The molecule has 0 bridgehead atoms. The van der Waals surface area contributed by atoms with Gasteiger partial charge in [-0.2, -0.15) is 0 Å². The number of anilines is 2. The highest BCUT2D eigenvalue weighted by Gasteiger charge is 2.47. The molecular formula is C54H51BN2OS. The molecule has 5 heterocycles. The number of hydrogen-bond donors (Lipinski definition) is 0. The van der Waals surface area contributed by atoms with Gasteiger partial charge < -0.3 is 13.8 Å². The van der Waals surface area contributed by atoms with Crippen LogP contribution in [0.15, 0.2) is 108 Å². The van der Waals surface area contributed by atoms with E-state index in [-0.39, 0.29) is 28.5 Å². The van der Waals surface area contributed by atoms with Gasteiger partial charge in [0.05, 0.1) is 16.7 Å². The van der Waals surface area contributed by atoms with E-state index in [1.807, 2.05) is 11.3 Å². The molecule has 0 fully saturated rings. The number of rotatable bonds is 1. The van der Waals surface area contributed by atoms with Crippen molar-refractivity contribution < 1.29 is 4.42 Å². The van der Waals surface area contributed by atoms with Crippen LogP contribution in [0.3, 0.4) is 0 Å². The molecule has 2 aliphatic heterocycles. The molecule has 5 heteroatoms. The second-order valence-corrected chi connectivity index (χ2v) is 22.3. The summed E-state index contributed by atoms with van der Waals surface area (Å²) in [5.41, 5.74) is 18.4. The van der Waals surface area contributed by atoms with E-state index in [2.05, 4.69) is 182 Å². The summed E-state index contributed by atoms with van der Waals surface area (Å²) in [4.78, 5) is 2.74. The first-order valence-electron chi connectivity index (χ1n) is 21.6. The van der Waals surface area contributed by atoms with Crippen LogP contribution in [0.25, 0.3) is 70.6 Å². The number of nitrogens with zero attached hydrogens (tertiary/aromatic N) is 2. The summed E-state index contributed by atoms with van der Waals surface area (Å²) in [5, 5.41) is 6.20. The van der Waals surface area contributed by atoms with Gasteiger partial charge in [0.1, 0.15) is 11.2 Å². The topological polar surface area (TPSA) is 21.3 Å². The molecule has 9 aromatic rings. The summed E-state index contributed by atoms with van der Waals surface area (Å²) >= 11 is 1.99. The van der Waals surface area contributed by atoms with Gasteiger partial charge in [0.2, 0.25) is 0 Å². The number of thiophene rings is 1. The van der Waals surface area contributed by atoms with Crippen molar-refractivity contribution in [2.24, 2.45) is 0 Å². The molecule has 0 saturated carbocycles. The molecule has 1 aliphatic carbocycles. The maximum atomic E-state index is 6.58. The average molecular weight is 787 g/mol. The lowest BCUT2D eigenvalue weighted by atomic mass is 9.47. The van der Waals surface area contributed by atoms with Crippen molar-refractivity contribution in [2.75, 3.05) is 4.81 Å². The van der Waals surface area contributed by atoms with Crippen LogP contribution in [-0.4, -0.2) is 11.4 Å². The smallest absolute Gasteiger partial charge is 0.343 e. The lowest BCUT2D eigenvalue weighted by Gasteiger charge is -2.46. The number of hydrogen-bond acceptors (Lipinski definition) is 3. The van der Waals surface area contributed by atoms with Crippen molar-refractivity contribution in [3.63, 3.8) is 0 Å². The Morgan fingerprint density at radius 1 is 0.610 bits per heavy atom. The molecule has 0 N–H and O–H groups in total. The van der Waals surface area contributed by atoms with E-state index >= 15 is 0 Å². The molecule has 3 aliphatic rings. The van der Waals surface area contributed by atoms with Crippen LogP contribution in [0.2, 0.25) is 0 Å². The molecule has 292 valence electrons. The van der Waals surface area contributed by atoms with Crippen molar-refractivity contribution in [1.29, 1.82) is 0 Å². The molecule has 3 nitrogen and oxygen atoms in total. The van der Waals surface area contributed by atoms with Gasteiger partial charge in [-0.1, -0.05) is 118 Å². The van der Waals surface area contributed by atoms with E-state index in [1.54, 1.807) is 0 Å². The van der Waals surface area contributed by atoms with E-state index in [9.17, 15) is 0 Å². The van der Waals surface area contributed by atoms with Crippen molar-refractivity contribution in [2.45, 2.75) is 104 Å². The van der Waals surface area contributed by atoms with Crippen molar-refractivity contribution >= 4 is 93.6 Å². The second-order valence-electron chi connectivity index (χ2n) is 21.3. The van der Waals surface area contributed by atoms with Gasteiger partial charge in [0.15, 0.2) is 0 Å². The Balaban J connectivity index is 1.27. The quantitative estimate of drug-likeness (QED) is 0.155. The summed E-state index contributed by atoms with van der Waals surface area (Å²) in [6.07, 6.45) is 2.37. The monoisotopic (exact) mass is 786 g/mol. The maximum Gasteiger partial charge on any atom is 0.343 e. The van der Waals surface area contributed by atoms with Gasteiger partial charge in [0.25, 0.3) is 0 Å². The van der Waals surface area contributed by atoms with Gasteiger partial charge >= 0.3 is 6.85 Å². The lowest BCUT2D eigenvalue weighted by molar-refractivity contribution is 0.332. The molecule has 0 atom stereocenters. The zero-order valence-corrected chi connectivity index (χ0v) is 36.8. The Labute approximate surface area is 351 Å². The van der Waals surface area contributed by atoms with E-state index in [1.165, 1.54) is 111 Å². The third-order valence-corrected chi connectivity index (χ3v) is 15.8. The fourth-order valence-corrected chi connectivity index (χ4v) is 12.3. The minimum Gasteiger partial charge on any atom is -0.456 e. The highest BCUT2D eigenvalue weighted by molar-refractivity contribution is 7.32. The molecule has 0 saturated heterocycles. The lowest BCUT2D eigenvalue weighted by Crippen LogP contribution is -2.59. The Kier molecular flexibility index (Phi) is 6.84. The third-order valence-electron chi connectivity index (χ3n) is 14.6. The zero-order chi connectivity index (χ0) is 40.7. The number of benzene rings is 6. The van der Waals surface area contributed by atoms with Crippen LogP contribution in [-0.2, 0) is 21.7 Å². The normalized spacial score (nSPS) is 16.7. The first-order chi connectivity index (χ1) is 28.0. The summed E-state index contributed by atoms with van der Waals surface area (Å²) in [7, 11) is 0. The largest absolute Gasteiger partial charge is 0.456 e. The molecule has 12 rings (SSSR count). The Morgan fingerprint density at radius 3 is 2.03 bits per heavy atom. The highest BCUT2D eigenvalue weighted by Crippen LogP contribution is 2.53. The second kappa shape index (κ2) is 11.3. The molecule has 3 aromatic heterocycles. The fourth-order valence-electron chi connectivity index (χ4n) is 11.0. The predicted molar refractivity (Wildman–Crippen MR) is 255 cm³/mol. The highest BCUT2D eigenvalue weighted by atomic mass is 32.1. The molecule has 59 heavy (non-hydrogen) atoms. The fraction of sp³-hybridized carbons (Fsp3) is 0.296. The number of para-hydroxylation sites is 1. The Bertz CT molecular complexity index is 3300. The Morgan fingerprint density at radius 2 is 1.31 bits per heavy atom. The van der Waals surface area contributed by atoms with Crippen molar-refractivity contribution in [3.8, 4) is 16.8 Å². The van der Waals surface area contributed by atoms with Crippen LogP contribution >= 0.6 is 11.3 Å². The van der Waals surface area contributed by atoms with Gasteiger partial charge in [-0.05, 0) is 122 Å². The molecule has 6 aromatic carbocycles. The van der Waals surface area contributed by atoms with Gasteiger partial charge in [-0.15, -0.1) is 11.3 Å².